The molecule has 17 heavy (non-hydrogen) atoms. The molecule has 1 rings (SSSR count). The molecule has 0 N–H and O–H groups in total. The largest absolute Gasteiger partial charge is 0.486 e. The Labute approximate surface area is 103 Å². The third-order valence-electron chi connectivity index (χ3n) is 3.31. The quantitative estimate of drug-likeness (QED) is 0.557. The lowest BCUT2D eigenvalue weighted by molar-refractivity contribution is -0.140. The lowest BCUT2D eigenvalue weighted by Crippen LogP contribution is -2.41. The maximum atomic E-state index is 10.9. The maximum Gasteiger partial charge on any atom is 0.486 e. The fraction of sp³-hybridized carbons (Fsp3) is 0.750. The van der Waals surface area contributed by atoms with Crippen molar-refractivity contribution in [3.8, 4) is 0 Å². The number of hydrogen-bond acceptors (Lipinski definition) is 4. The minimum absolute atomic E-state index is 0.205. The topological polar surface area (TPSA) is 44.8 Å². The number of rotatable bonds is 4. The van der Waals surface area contributed by atoms with E-state index >= 15 is 0 Å². The van der Waals surface area contributed by atoms with Crippen LogP contribution < -0.4 is 0 Å². The Hall–Kier alpha value is -0.805. The first-order valence-corrected chi connectivity index (χ1v) is 5.87. The van der Waals surface area contributed by atoms with Gasteiger partial charge >= 0.3 is 13.1 Å². The van der Waals surface area contributed by atoms with E-state index in [-0.39, 0.29) is 24.3 Å². The van der Waals surface area contributed by atoms with Gasteiger partial charge in [0.1, 0.15) is 0 Å². The molecule has 0 spiro atoms. The number of ether oxygens (including phenoxy) is 1. The van der Waals surface area contributed by atoms with Crippen LogP contribution in [0.2, 0.25) is 0 Å². The van der Waals surface area contributed by atoms with Crippen molar-refractivity contribution in [3.63, 3.8) is 0 Å². The number of esters is 1. The van der Waals surface area contributed by atoms with Gasteiger partial charge in [-0.1, -0.05) is 12.1 Å². The van der Waals surface area contributed by atoms with Crippen LogP contribution in [0.4, 0.5) is 0 Å². The van der Waals surface area contributed by atoms with Gasteiger partial charge in [-0.3, -0.25) is 4.79 Å². The van der Waals surface area contributed by atoms with Gasteiger partial charge in [0.25, 0.3) is 0 Å². The van der Waals surface area contributed by atoms with Crippen LogP contribution in [0.25, 0.3) is 0 Å². The van der Waals surface area contributed by atoms with Crippen LogP contribution in [0.15, 0.2) is 12.1 Å². The summed E-state index contributed by atoms with van der Waals surface area (Å²) in [5.74, 6) is 1.64. The minimum Gasteiger partial charge on any atom is -0.469 e. The molecule has 0 aliphatic carbocycles. The highest BCUT2D eigenvalue weighted by Crippen LogP contribution is 2.36. The molecular weight excluding hydrogens is 219 g/mol. The zero-order chi connectivity index (χ0) is 13.1. The maximum absolute atomic E-state index is 10.9. The fourth-order valence-corrected chi connectivity index (χ4v) is 1.48. The molecule has 1 aliphatic heterocycles. The Morgan fingerprint density at radius 2 is 1.76 bits per heavy atom. The van der Waals surface area contributed by atoms with Gasteiger partial charge in [-0.15, -0.1) is 0 Å². The molecular formula is C12H21BO4. The second-order valence-corrected chi connectivity index (χ2v) is 5.17. The number of carbonyl (C=O) groups excluding carboxylic acids is 1. The van der Waals surface area contributed by atoms with Gasteiger partial charge in [0.2, 0.25) is 0 Å². The van der Waals surface area contributed by atoms with Crippen LogP contribution in [-0.4, -0.2) is 31.4 Å². The molecule has 0 saturated carbocycles. The summed E-state index contributed by atoms with van der Waals surface area (Å²) in [7, 11) is 1.05. The van der Waals surface area contributed by atoms with Gasteiger partial charge in [0.05, 0.1) is 18.3 Å². The van der Waals surface area contributed by atoms with E-state index in [1.165, 1.54) is 7.11 Å². The highest BCUT2D eigenvalue weighted by atomic mass is 16.7. The second kappa shape index (κ2) is 5.23. The minimum atomic E-state index is -0.336. The summed E-state index contributed by atoms with van der Waals surface area (Å²) < 4.78 is 16.1. The van der Waals surface area contributed by atoms with Crippen LogP contribution in [-0.2, 0) is 18.8 Å². The number of allylic oxidation sites excluding steroid dienone is 1. The Morgan fingerprint density at radius 1 is 1.24 bits per heavy atom. The van der Waals surface area contributed by atoms with E-state index in [4.69, 9.17) is 9.31 Å². The van der Waals surface area contributed by atoms with Crippen LogP contribution in [0.3, 0.4) is 0 Å². The molecule has 0 aromatic carbocycles. The van der Waals surface area contributed by atoms with Crippen LogP contribution in [0, 0.1) is 0 Å². The Morgan fingerprint density at radius 3 is 2.24 bits per heavy atom. The Kier molecular flexibility index (Phi) is 4.39. The van der Waals surface area contributed by atoms with E-state index in [9.17, 15) is 4.79 Å². The summed E-state index contributed by atoms with van der Waals surface area (Å²) in [4.78, 5) is 10.9. The summed E-state index contributed by atoms with van der Waals surface area (Å²) in [6.07, 6.45) is 2.91. The fourth-order valence-electron chi connectivity index (χ4n) is 1.48. The lowest BCUT2D eigenvalue weighted by atomic mass is 9.89. The van der Waals surface area contributed by atoms with Crippen molar-refractivity contribution in [2.24, 2.45) is 0 Å². The highest BCUT2D eigenvalue weighted by molar-refractivity contribution is 6.51. The van der Waals surface area contributed by atoms with Crippen molar-refractivity contribution in [1.29, 1.82) is 0 Å². The highest BCUT2D eigenvalue weighted by Gasteiger charge is 2.49. The van der Waals surface area contributed by atoms with Gasteiger partial charge in [0.15, 0.2) is 0 Å². The van der Waals surface area contributed by atoms with Crippen molar-refractivity contribution in [3.05, 3.63) is 12.1 Å². The van der Waals surface area contributed by atoms with Gasteiger partial charge in [-0.05, 0) is 34.1 Å². The molecule has 1 fully saturated rings. The first-order chi connectivity index (χ1) is 7.78. The van der Waals surface area contributed by atoms with E-state index in [0.29, 0.717) is 12.8 Å². The number of hydrogen-bond donors (Lipinski definition) is 0. The van der Waals surface area contributed by atoms with E-state index in [0.717, 1.165) is 0 Å². The molecule has 5 heteroatoms. The molecule has 0 amide bonds. The van der Waals surface area contributed by atoms with Gasteiger partial charge < -0.3 is 14.0 Å². The summed E-state index contributed by atoms with van der Waals surface area (Å²) in [5.41, 5.74) is -0.630. The van der Waals surface area contributed by atoms with Crippen molar-refractivity contribution in [2.75, 3.05) is 7.11 Å². The molecule has 0 aromatic heterocycles. The number of methoxy groups -OCH3 is 1. The third kappa shape index (κ3) is 3.58. The van der Waals surface area contributed by atoms with Gasteiger partial charge in [-0.25, -0.2) is 0 Å². The smallest absolute Gasteiger partial charge is 0.469 e. The standard InChI is InChI=1S/C12H21BO4/c1-11(2)12(3,4)17-13(16-11)9-7-6-8-10(14)15-5/h7,9H,6,8H2,1-5H3. The summed E-state index contributed by atoms with van der Waals surface area (Å²) in [6, 6.07) is 0. The molecule has 0 atom stereocenters. The molecule has 0 aromatic rings. The van der Waals surface area contributed by atoms with Gasteiger partial charge in [-0.2, -0.15) is 0 Å². The summed E-state index contributed by atoms with van der Waals surface area (Å²) >= 11 is 0. The molecule has 1 aliphatic rings. The Bertz CT molecular complexity index is 294. The Balaban J connectivity index is 2.40. The van der Waals surface area contributed by atoms with Crippen molar-refractivity contribution in [1.82, 2.24) is 0 Å². The van der Waals surface area contributed by atoms with Crippen molar-refractivity contribution < 1.29 is 18.8 Å². The monoisotopic (exact) mass is 240 g/mol. The van der Waals surface area contributed by atoms with Crippen LogP contribution >= 0.6 is 0 Å². The van der Waals surface area contributed by atoms with Crippen LogP contribution in [0.1, 0.15) is 40.5 Å². The molecule has 96 valence electrons. The van der Waals surface area contributed by atoms with E-state index in [1.807, 2.05) is 39.7 Å². The first kappa shape index (κ1) is 14.3. The SMILES string of the molecule is COC(=O)CCC=CB1OC(C)(C)C(C)(C)O1. The predicted molar refractivity (Wildman–Crippen MR) is 66.5 cm³/mol. The molecule has 0 bridgehead atoms. The second-order valence-electron chi connectivity index (χ2n) is 5.17. The van der Waals surface area contributed by atoms with E-state index in [1.54, 1.807) is 0 Å². The molecule has 4 nitrogen and oxygen atoms in total. The average Bonchev–Trinajstić information content (AvgIpc) is 2.42. The van der Waals surface area contributed by atoms with Crippen molar-refractivity contribution >= 4 is 13.1 Å². The van der Waals surface area contributed by atoms with Crippen LogP contribution in [0.5, 0.6) is 0 Å². The first-order valence-electron chi connectivity index (χ1n) is 5.87. The average molecular weight is 240 g/mol. The predicted octanol–water partition coefficient (Wildman–Crippen LogP) is 2.13. The van der Waals surface area contributed by atoms with E-state index in [2.05, 4.69) is 4.74 Å². The summed E-state index contributed by atoms with van der Waals surface area (Å²) in [6.45, 7) is 8.04. The molecule has 0 radical (unpaired) electrons. The lowest BCUT2D eigenvalue weighted by Gasteiger charge is -2.32. The zero-order valence-corrected chi connectivity index (χ0v) is 11.3. The van der Waals surface area contributed by atoms with Gasteiger partial charge in [0, 0.05) is 6.42 Å². The molecule has 0 unspecified atom stereocenters. The zero-order valence-electron chi connectivity index (χ0n) is 11.3. The normalized spacial score (nSPS) is 22.1. The molecule has 1 saturated heterocycles. The number of carbonyl (C=O) groups is 1. The third-order valence-corrected chi connectivity index (χ3v) is 3.31. The van der Waals surface area contributed by atoms with Crippen molar-refractivity contribution in [2.45, 2.75) is 51.7 Å². The van der Waals surface area contributed by atoms with E-state index < -0.39 is 0 Å². The molecule has 1 heterocycles. The summed E-state index contributed by atoms with van der Waals surface area (Å²) in [5, 5.41) is 0.